The van der Waals surface area contributed by atoms with Crippen molar-refractivity contribution >= 4 is 13.8 Å². The largest absolute Gasteiger partial charge is 0.472 e. The van der Waals surface area contributed by atoms with E-state index >= 15 is 0 Å². The Bertz CT molecular complexity index is 1040. The lowest BCUT2D eigenvalue weighted by Crippen LogP contribution is -2.29. The number of aliphatic hydroxyl groups excluding tert-OH is 2. The van der Waals surface area contributed by atoms with Gasteiger partial charge in [0.1, 0.15) is 12.2 Å². The second-order valence-corrected chi connectivity index (χ2v) is 15.8. The molecule has 0 bridgehead atoms. The molecule has 0 aliphatic heterocycles. The molecule has 0 saturated heterocycles. The van der Waals surface area contributed by atoms with Crippen molar-refractivity contribution in [3.63, 3.8) is 0 Å². The van der Waals surface area contributed by atoms with Crippen LogP contribution in [0.1, 0.15) is 174 Å². The second-order valence-electron chi connectivity index (χ2n) is 14.3. The van der Waals surface area contributed by atoms with Crippen LogP contribution in [-0.2, 0) is 27.9 Å². The minimum Gasteiger partial charge on any atom is -0.457 e. The fourth-order valence-electron chi connectivity index (χ4n) is 5.63. The fraction of sp³-hybridized carbons (Fsp3) is 0.756. The van der Waals surface area contributed by atoms with E-state index in [0.29, 0.717) is 13.0 Å². The molecule has 0 aromatic heterocycles. The molecule has 320 valence electrons. The summed E-state index contributed by atoms with van der Waals surface area (Å²) in [4.78, 5) is 22.6. The molecule has 10 heteroatoms. The summed E-state index contributed by atoms with van der Waals surface area (Å²) in [5.74, 6) is -0.400. The van der Waals surface area contributed by atoms with E-state index in [-0.39, 0.29) is 19.6 Å². The smallest absolute Gasteiger partial charge is 0.457 e. The Kier molecular flexibility index (Phi) is 40.4. The molecule has 0 saturated carbocycles. The maximum Gasteiger partial charge on any atom is 0.472 e. The highest BCUT2D eigenvalue weighted by Crippen LogP contribution is 2.43. The number of aliphatic hydroxyl groups is 2. The van der Waals surface area contributed by atoms with E-state index in [1.165, 1.54) is 57.8 Å². The zero-order valence-electron chi connectivity index (χ0n) is 34.9. The first-order chi connectivity index (χ1) is 26.8. The number of esters is 1. The predicted molar refractivity (Wildman–Crippen MR) is 228 cm³/mol. The van der Waals surface area contributed by atoms with Crippen molar-refractivity contribution in [2.45, 2.75) is 187 Å². The van der Waals surface area contributed by atoms with Crippen LogP contribution in [0.15, 0.2) is 60.8 Å². The van der Waals surface area contributed by atoms with Crippen LogP contribution < -0.4 is 0 Å². The van der Waals surface area contributed by atoms with Crippen molar-refractivity contribution in [2.24, 2.45) is 0 Å². The van der Waals surface area contributed by atoms with Crippen LogP contribution in [0.25, 0.3) is 0 Å². The van der Waals surface area contributed by atoms with E-state index in [2.05, 4.69) is 74.6 Å². The number of allylic oxidation sites excluding steroid dienone is 10. The third-order valence-corrected chi connectivity index (χ3v) is 9.89. The molecule has 0 radical (unpaired) electrons. The number of carbonyl (C=O) groups is 1. The lowest BCUT2D eigenvalue weighted by atomic mass is 10.1. The normalized spacial score (nSPS) is 14.6. The molecule has 0 aromatic carbocycles. The number of rotatable bonds is 41. The number of phosphoric ester groups is 1. The molecule has 9 nitrogen and oxygen atoms in total. The summed E-state index contributed by atoms with van der Waals surface area (Å²) in [6, 6.07) is 0. The topological polar surface area (TPSA) is 132 Å². The molecule has 0 aliphatic rings. The van der Waals surface area contributed by atoms with Crippen LogP contribution in [-0.4, -0.2) is 66.3 Å². The second kappa shape index (κ2) is 41.8. The first-order valence-electron chi connectivity index (χ1n) is 21.8. The molecular weight excluding hydrogens is 715 g/mol. The van der Waals surface area contributed by atoms with Gasteiger partial charge in [0.2, 0.25) is 0 Å². The third kappa shape index (κ3) is 41.6. The van der Waals surface area contributed by atoms with Crippen molar-refractivity contribution in [2.75, 3.05) is 33.0 Å². The zero-order chi connectivity index (χ0) is 40.3. The Hall–Kier alpha value is -1.84. The number of phosphoric acid groups is 1. The van der Waals surface area contributed by atoms with E-state index in [4.69, 9.17) is 23.6 Å². The minimum atomic E-state index is -4.52. The molecule has 0 spiro atoms. The Morgan fingerprint density at radius 1 is 0.582 bits per heavy atom. The summed E-state index contributed by atoms with van der Waals surface area (Å²) >= 11 is 0. The number of carbonyl (C=O) groups excluding carboxylic acids is 1. The summed E-state index contributed by atoms with van der Waals surface area (Å²) in [6.45, 7) is 3.36. The predicted octanol–water partition coefficient (Wildman–Crippen LogP) is 12.0. The number of hydrogen-bond acceptors (Lipinski definition) is 8. The molecule has 0 amide bonds. The third-order valence-electron chi connectivity index (χ3n) is 8.94. The van der Waals surface area contributed by atoms with Crippen molar-refractivity contribution in [3.05, 3.63) is 60.8 Å². The monoisotopic (exact) mass is 797 g/mol. The van der Waals surface area contributed by atoms with E-state index in [9.17, 15) is 19.4 Å². The van der Waals surface area contributed by atoms with Crippen LogP contribution in [0.3, 0.4) is 0 Å². The van der Waals surface area contributed by atoms with E-state index in [0.717, 1.165) is 89.9 Å². The van der Waals surface area contributed by atoms with Gasteiger partial charge >= 0.3 is 13.8 Å². The summed E-state index contributed by atoms with van der Waals surface area (Å²) in [5, 5.41) is 18.3. The molecule has 0 heterocycles. The van der Waals surface area contributed by atoms with Gasteiger partial charge in [-0.05, 0) is 77.0 Å². The standard InChI is InChI=1S/C45H81O9P/c1-3-5-7-9-11-13-15-17-19-20-21-22-23-25-27-29-31-33-35-37-45(48)54-44(42-53-55(49,50)52-40-43(47)39-46)41-51-38-36-34-32-30-28-26-24-18-16-14-12-10-8-6-4-2/h5,7,11,13,16-19,21-22,43-44,46-47H,3-4,6,8-10,12,14-15,20,23-42H2,1-2H3,(H,49,50)/b7-5-,13-11-,18-16-,19-17-,22-21-. The van der Waals surface area contributed by atoms with Gasteiger partial charge in [-0.15, -0.1) is 0 Å². The Morgan fingerprint density at radius 2 is 1.04 bits per heavy atom. The Morgan fingerprint density at radius 3 is 1.58 bits per heavy atom. The van der Waals surface area contributed by atoms with Crippen LogP contribution in [0.5, 0.6) is 0 Å². The minimum absolute atomic E-state index is 0.0369. The molecule has 3 unspecified atom stereocenters. The summed E-state index contributed by atoms with van der Waals surface area (Å²) in [7, 11) is -4.52. The molecule has 3 atom stereocenters. The lowest BCUT2D eigenvalue weighted by molar-refractivity contribution is -0.154. The zero-order valence-corrected chi connectivity index (χ0v) is 35.8. The highest BCUT2D eigenvalue weighted by molar-refractivity contribution is 7.47. The van der Waals surface area contributed by atoms with Gasteiger partial charge in [-0.2, -0.15) is 0 Å². The molecule has 0 fully saturated rings. The van der Waals surface area contributed by atoms with E-state index in [1.54, 1.807) is 0 Å². The first kappa shape index (κ1) is 53.2. The SMILES string of the molecule is CC/C=C\C/C=C\C/C=C\C/C=C\CCCCCCCCC(=O)OC(COCCCCCCCC/C=C\CCCCCCC)COP(=O)(O)OCC(O)CO. The highest BCUT2D eigenvalue weighted by Gasteiger charge is 2.26. The number of unbranched alkanes of at least 4 members (excludes halogenated alkanes) is 17. The lowest BCUT2D eigenvalue weighted by Gasteiger charge is -2.20. The van der Waals surface area contributed by atoms with Crippen molar-refractivity contribution in [3.8, 4) is 0 Å². The van der Waals surface area contributed by atoms with Gasteiger partial charge in [-0.3, -0.25) is 13.8 Å². The molecule has 3 N–H and O–H groups in total. The fourth-order valence-corrected chi connectivity index (χ4v) is 6.42. The van der Waals surface area contributed by atoms with Gasteiger partial charge in [0.25, 0.3) is 0 Å². The average molecular weight is 797 g/mol. The maximum atomic E-state index is 12.6. The van der Waals surface area contributed by atoms with Gasteiger partial charge < -0.3 is 24.6 Å². The van der Waals surface area contributed by atoms with Gasteiger partial charge in [0.15, 0.2) is 0 Å². The van der Waals surface area contributed by atoms with Crippen LogP contribution in [0, 0.1) is 0 Å². The van der Waals surface area contributed by atoms with Gasteiger partial charge in [0, 0.05) is 13.0 Å². The number of hydrogen-bond donors (Lipinski definition) is 3. The molecule has 0 aliphatic carbocycles. The molecular formula is C45H81O9P. The molecule has 0 aromatic rings. The quantitative estimate of drug-likeness (QED) is 0.0239. The van der Waals surface area contributed by atoms with Gasteiger partial charge in [-0.25, -0.2) is 4.57 Å². The van der Waals surface area contributed by atoms with Crippen LogP contribution in [0.4, 0.5) is 0 Å². The average Bonchev–Trinajstić information content (AvgIpc) is 3.18. The van der Waals surface area contributed by atoms with Crippen LogP contribution >= 0.6 is 7.82 Å². The van der Waals surface area contributed by atoms with E-state index < -0.39 is 39.2 Å². The Balaban J connectivity index is 4.22. The van der Waals surface area contributed by atoms with E-state index in [1.807, 2.05) is 0 Å². The summed E-state index contributed by atoms with van der Waals surface area (Å²) in [5.41, 5.74) is 0. The maximum absolute atomic E-state index is 12.6. The van der Waals surface area contributed by atoms with Gasteiger partial charge in [-0.1, -0.05) is 152 Å². The highest BCUT2D eigenvalue weighted by atomic mass is 31.2. The van der Waals surface area contributed by atoms with Crippen molar-refractivity contribution in [1.82, 2.24) is 0 Å². The molecule has 55 heavy (non-hydrogen) atoms. The van der Waals surface area contributed by atoms with Crippen molar-refractivity contribution < 1.29 is 43.0 Å². The number of ether oxygens (including phenoxy) is 2. The van der Waals surface area contributed by atoms with Gasteiger partial charge in [0.05, 0.1) is 26.4 Å². The first-order valence-corrected chi connectivity index (χ1v) is 23.3. The summed E-state index contributed by atoms with van der Waals surface area (Å²) < 4.78 is 33.4. The van der Waals surface area contributed by atoms with Crippen LogP contribution in [0.2, 0.25) is 0 Å². The molecule has 0 rings (SSSR count). The van der Waals surface area contributed by atoms with Crippen molar-refractivity contribution in [1.29, 1.82) is 0 Å². The summed E-state index contributed by atoms with van der Waals surface area (Å²) in [6.07, 6.45) is 47.4. The Labute approximate surface area is 336 Å².